The molecule has 0 radical (unpaired) electrons. The van der Waals surface area contributed by atoms with Gasteiger partial charge in [0, 0.05) is 30.3 Å². The van der Waals surface area contributed by atoms with Crippen molar-refractivity contribution in [2.24, 2.45) is 0 Å². The third-order valence-electron chi connectivity index (χ3n) is 3.06. The highest BCUT2D eigenvalue weighted by atomic mass is 16.5. The molecule has 0 unspecified atom stereocenters. The summed E-state index contributed by atoms with van der Waals surface area (Å²) in [6.45, 7) is 6.97. The summed E-state index contributed by atoms with van der Waals surface area (Å²) in [6.07, 6.45) is 0. The van der Waals surface area contributed by atoms with Crippen molar-refractivity contribution in [3.63, 3.8) is 0 Å². The van der Waals surface area contributed by atoms with E-state index >= 15 is 0 Å². The minimum Gasteiger partial charge on any atom is -0.383 e. The van der Waals surface area contributed by atoms with Gasteiger partial charge in [0.15, 0.2) is 0 Å². The van der Waals surface area contributed by atoms with Gasteiger partial charge >= 0.3 is 6.03 Å². The van der Waals surface area contributed by atoms with Crippen LogP contribution in [-0.4, -0.2) is 36.4 Å². The van der Waals surface area contributed by atoms with Crippen LogP contribution in [0.2, 0.25) is 0 Å². The van der Waals surface area contributed by atoms with E-state index in [0.717, 1.165) is 5.56 Å². The summed E-state index contributed by atoms with van der Waals surface area (Å²) in [5.41, 5.74) is 1.32. The van der Waals surface area contributed by atoms with Crippen LogP contribution in [0.5, 0.6) is 0 Å². The number of carbonyl (C=O) groups excluding carboxylic acids is 1. The van der Waals surface area contributed by atoms with E-state index in [1.807, 2.05) is 32.9 Å². The number of ether oxygens (including phenoxy) is 1. The van der Waals surface area contributed by atoms with Gasteiger partial charge in [0.1, 0.15) is 0 Å². The van der Waals surface area contributed by atoms with Crippen LogP contribution in [0.25, 0.3) is 11.4 Å². The topological polar surface area (TPSA) is 89.3 Å². The maximum Gasteiger partial charge on any atom is 0.319 e. The van der Waals surface area contributed by atoms with Crippen molar-refractivity contribution in [3.05, 3.63) is 30.2 Å². The number of anilines is 1. The minimum absolute atomic E-state index is 0.187. The molecule has 2 rings (SSSR count). The van der Waals surface area contributed by atoms with Crippen LogP contribution < -0.4 is 10.6 Å². The second-order valence-corrected chi connectivity index (χ2v) is 6.12. The minimum atomic E-state index is -0.274. The van der Waals surface area contributed by atoms with Crippen molar-refractivity contribution >= 4 is 11.7 Å². The third-order valence-corrected chi connectivity index (χ3v) is 3.06. The summed E-state index contributed by atoms with van der Waals surface area (Å²) < 4.78 is 10.1. The molecule has 2 amide bonds. The zero-order valence-corrected chi connectivity index (χ0v) is 13.8. The Kier molecular flexibility index (Phi) is 5.33. The van der Waals surface area contributed by atoms with Crippen molar-refractivity contribution in [2.75, 3.05) is 25.6 Å². The van der Waals surface area contributed by atoms with E-state index < -0.39 is 0 Å². The quantitative estimate of drug-likeness (QED) is 0.827. The molecule has 0 saturated heterocycles. The monoisotopic (exact) mass is 318 g/mol. The fourth-order valence-corrected chi connectivity index (χ4v) is 1.79. The molecule has 1 aromatic carbocycles. The summed E-state index contributed by atoms with van der Waals surface area (Å²) in [6, 6.07) is 6.98. The van der Waals surface area contributed by atoms with Gasteiger partial charge < -0.3 is 19.9 Å². The van der Waals surface area contributed by atoms with Crippen molar-refractivity contribution in [2.45, 2.75) is 26.2 Å². The molecule has 1 aromatic heterocycles. The van der Waals surface area contributed by atoms with Crippen molar-refractivity contribution in [1.82, 2.24) is 15.5 Å². The van der Waals surface area contributed by atoms with Gasteiger partial charge in [-0.3, -0.25) is 0 Å². The first-order valence-corrected chi connectivity index (χ1v) is 7.38. The molecule has 2 N–H and O–H groups in total. The zero-order chi connectivity index (χ0) is 16.9. The van der Waals surface area contributed by atoms with Gasteiger partial charge in [0.25, 0.3) is 0 Å². The normalized spacial score (nSPS) is 11.3. The van der Waals surface area contributed by atoms with E-state index in [1.54, 1.807) is 19.2 Å². The summed E-state index contributed by atoms with van der Waals surface area (Å²) in [7, 11) is 1.58. The molecule has 0 aliphatic heterocycles. The van der Waals surface area contributed by atoms with Gasteiger partial charge in [-0.15, -0.1) is 0 Å². The molecule has 7 nitrogen and oxygen atoms in total. The first-order valence-electron chi connectivity index (χ1n) is 7.38. The lowest BCUT2D eigenvalue weighted by Gasteiger charge is -2.10. The average Bonchev–Trinajstić information content (AvgIpc) is 2.98. The van der Waals surface area contributed by atoms with Gasteiger partial charge in [0.2, 0.25) is 11.7 Å². The summed E-state index contributed by atoms with van der Waals surface area (Å²) in [4.78, 5) is 16.0. The molecule has 0 spiro atoms. The molecule has 0 atom stereocenters. The van der Waals surface area contributed by atoms with E-state index in [9.17, 15) is 4.79 Å². The molecule has 0 fully saturated rings. The number of nitrogens with zero attached hydrogens (tertiary/aromatic N) is 2. The molecular formula is C16H22N4O3. The number of methoxy groups -OCH3 is 1. The standard InChI is InChI=1S/C16H22N4O3/c1-16(2,3)14-19-13(20-23-14)11-5-7-12(8-6-11)18-15(21)17-9-10-22-4/h5-8H,9-10H2,1-4H3,(H2,17,18,21). The Morgan fingerprint density at radius 1 is 1.26 bits per heavy atom. The highest BCUT2D eigenvalue weighted by molar-refractivity contribution is 5.89. The van der Waals surface area contributed by atoms with Crippen LogP contribution in [0.4, 0.5) is 10.5 Å². The fraction of sp³-hybridized carbons (Fsp3) is 0.438. The lowest BCUT2D eigenvalue weighted by molar-refractivity contribution is 0.198. The second-order valence-electron chi connectivity index (χ2n) is 6.12. The van der Waals surface area contributed by atoms with E-state index in [-0.39, 0.29) is 11.4 Å². The molecular weight excluding hydrogens is 296 g/mol. The Labute approximate surface area is 135 Å². The molecule has 0 saturated carbocycles. The highest BCUT2D eigenvalue weighted by Gasteiger charge is 2.22. The molecule has 1 heterocycles. The average molecular weight is 318 g/mol. The lowest BCUT2D eigenvalue weighted by atomic mass is 9.97. The molecule has 0 aliphatic carbocycles. The number of hydrogen-bond donors (Lipinski definition) is 2. The van der Waals surface area contributed by atoms with Crippen LogP contribution in [0.1, 0.15) is 26.7 Å². The first kappa shape index (κ1) is 17.0. The first-order chi connectivity index (χ1) is 10.9. The van der Waals surface area contributed by atoms with E-state index in [2.05, 4.69) is 20.8 Å². The smallest absolute Gasteiger partial charge is 0.319 e. The fourth-order valence-electron chi connectivity index (χ4n) is 1.79. The number of amides is 2. The van der Waals surface area contributed by atoms with Gasteiger partial charge in [-0.25, -0.2) is 4.79 Å². The molecule has 0 aliphatic rings. The summed E-state index contributed by atoms with van der Waals surface area (Å²) >= 11 is 0. The van der Waals surface area contributed by atoms with Crippen LogP contribution >= 0.6 is 0 Å². The Bertz CT molecular complexity index is 644. The number of urea groups is 1. The summed E-state index contributed by atoms with van der Waals surface area (Å²) in [5.74, 6) is 1.12. The van der Waals surface area contributed by atoms with Crippen molar-refractivity contribution < 1.29 is 14.1 Å². The Hall–Kier alpha value is -2.41. The zero-order valence-electron chi connectivity index (χ0n) is 13.8. The largest absolute Gasteiger partial charge is 0.383 e. The van der Waals surface area contributed by atoms with Gasteiger partial charge in [0.05, 0.1) is 6.61 Å². The summed E-state index contributed by atoms with van der Waals surface area (Å²) in [5, 5.41) is 9.42. The van der Waals surface area contributed by atoms with Crippen LogP contribution in [-0.2, 0) is 10.2 Å². The van der Waals surface area contributed by atoms with E-state index in [4.69, 9.17) is 9.26 Å². The third kappa shape index (κ3) is 4.79. The number of rotatable bonds is 5. The second kappa shape index (κ2) is 7.23. The molecule has 23 heavy (non-hydrogen) atoms. The van der Waals surface area contributed by atoms with Crippen molar-refractivity contribution in [3.8, 4) is 11.4 Å². The van der Waals surface area contributed by atoms with Crippen LogP contribution in [0.3, 0.4) is 0 Å². The van der Waals surface area contributed by atoms with Gasteiger partial charge in [-0.1, -0.05) is 25.9 Å². The van der Waals surface area contributed by atoms with Gasteiger partial charge in [-0.2, -0.15) is 4.98 Å². The number of hydrogen-bond acceptors (Lipinski definition) is 5. The lowest BCUT2D eigenvalue weighted by Crippen LogP contribution is -2.31. The number of benzene rings is 1. The number of nitrogens with one attached hydrogen (secondary N) is 2. The number of aromatic nitrogens is 2. The highest BCUT2D eigenvalue weighted by Crippen LogP contribution is 2.24. The van der Waals surface area contributed by atoms with Gasteiger partial charge in [-0.05, 0) is 24.3 Å². The Morgan fingerprint density at radius 3 is 2.52 bits per heavy atom. The Balaban J connectivity index is 1.99. The maximum absolute atomic E-state index is 11.6. The van der Waals surface area contributed by atoms with Crippen LogP contribution in [0.15, 0.2) is 28.8 Å². The SMILES string of the molecule is COCCNC(=O)Nc1ccc(-c2noc(C(C)(C)C)n2)cc1. The predicted molar refractivity (Wildman–Crippen MR) is 87.3 cm³/mol. The molecule has 2 aromatic rings. The maximum atomic E-state index is 11.6. The van der Waals surface area contributed by atoms with Crippen LogP contribution in [0, 0.1) is 0 Å². The molecule has 7 heteroatoms. The predicted octanol–water partition coefficient (Wildman–Crippen LogP) is 2.80. The van der Waals surface area contributed by atoms with E-state index in [0.29, 0.717) is 30.6 Å². The van der Waals surface area contributed by atoms with Crippen molar-refractivity contribution in [1.29, 1.82) is 0 Å². The number of carbonyl (C=O) groups is 1. The molecule has 124 valence electrons. The molecule has 0 bridgehead atoms. The Morgan fingerprint density at radius 2 is 1.96 bits per heavy atom. The van der Waals surface area contributed by atoms with E-state index in [1.165, 1.54) is 0 Å².